The standard InChI is InChI=1S/C17H29NO4/c1-12(2)10-17(14(19)21-7)8-9-18(13(3)11-17)15(20)22-16(4,5)6/h13H,1,8-11H2,2-7H3/t13-,17+/m1/s1. The molecule has 0 saturated carbocycles. The Kier molecular flexibility index (Phi) is 5.65. The largest absolute Gasteiger partial charge is 0.469 e. The highest BCUT2D eigenvalue weighted by atomic mass is 16.6. The number of hydrogen-bond donors (Lipinski definition) is 0. The lowest BCUT2D eigenvalue weighted by Crippen LogP contribution is -2.52. The number of allylic oxidation sites excluding steroid dienone is 1. The molecule has 0 spiro atoms. The van der Waals surface area contributed by atoms with E-state index in [0.717, 1.165) is 5.57 Å². The van der Waals surface area contributed by atoms with Gasteiger partial charge in [-0.15, -0.1) is 6.58 Å². The lowest BCUT2D eigenvalue weighted by molar-refractivity contribution is -0.157. The molecule has 1 fully saturated rings. The normalized spacial score (nSPS) is 25.5. The number of likely N-dealkylation sites (tertiary alicyclic amines) is 1. The van der Waals surface area contributed by atoms with Crippen molar-refractivity contribution in [3.05, 3.63) is 12.2 Å². The minimum Gasteiger partial charge on any atom is -0.469 e. The molecule has 0 aromatic heterocycles. The first-order valence-electron chi connectivity index (χ1n) is 7.73. The molecule has 0 radical (unpaired) electrons. The van der Waals surface area contributed by atoms with Crippen molar-refractivity contribution in [1.29, 1.82) is 0 Å². The first kappa shape index (κ1) is 18.5. The zero-order valence-corrected chi connectivity index (χ0v) is 14.7. The number of amides is 1. The third-order valence-electron chi connectivity index (χ3n) is 3.94. The fourth-order valence-electron chi connectivity index (χ4n) is 3.14. The van der Waals surface area contributed by atoms with E-state index >= 15 is 0 Å². The van der Waals surface area contributed by atoms with Crippen molar-refractivity contribution in [3.8, 4) is 0 Å². The number of nitrogens with zero attached hydrogens (tertiary/aromatic N) is 1. The van der Waals surface area contributed by atoms with Crippen LogP contribution in [0.1, 0.15) is 53.9 Å². The molecule has 0 aromatic rings. The summed E-state index contributed by atoms with van der Waals surface area (Å²) in [4.78, 5) is 26.2. The molecule has 1 saturated heterocycles. The molecule has 5 heteroatoms. The molecule has 1 heterocycles. The van der Waals surface area contributed by atoms with Gasteiger partial charge in [0.15, 0.2) is 0 Å². The zero-order valence-electron chi connectivity index (χ0n) is 14.7. The van der Waals surface area contributed by atoms with Gasteiger partial charge < -0.3 is 14.4 Å². The van der Waals surface area contributed by atoms with Crippen LogP contribution in [0.15, 0.2) is 12.2 Å². The molecule has 2 atom stereocenters. The van der Waals surface area contributed by atoms with E-state index in [9.17, 15) is 9.59 Å². The van der Waals surface area contributed by atoms with Crippen LogP contribution >= 0.6 is 0 Å². The monoisotopic (exact) mass is 311 g/mol. The Bertz CT molecular complexity index is 452. The van der Waals surface area contributed by atoms with Gasteiger partial charge in [-0.05, 0) is 53.9 Å². The van der Waals surface area contributed by atoms with Crippen LogP contribution in [-0.2, 0) is 14.3 Å². The van der Waals surface area contributed by atoms with Gasteiger partial charge in [0.25, 0.3) is 0 Å². The number of hydrogen-bond acceptors (Lipinski definition) is 4. The van der Waals surface area contributed by atoms with Crippen LogP contribution in [0.25, 0.3) is 0 Å². The third kappa shape index (κ3) is 4.49. The summed E-state index contributed by atoms with van der Waals surface area (Å²) in [7, 11) is 1.41. The van der Waals surface area contributed by atoms with Crippen molar-refractivity contribution >= 4 is 12.1 Å². The van der Waals surface area contributed by atoms with E-state index in [1.807, 2.05) is 34.6 Å². The minimum absolute atomic E-state index is 0.0814. The van der Waals surface area contributed by atoms with E-state index in [-0.39, 0.29) is 18.1 Å². The van der Waals surface area contributed by atoms with Gasteiger partial charge in [0.2, 0.25) is 0 Å². The van der Waals surface area contributed by atoms with Crippen LogP contribution in [-0.4, -0.2) is 42.3 Å². The molecule has 0 bridgehead atoms. The summed E-state index contributed by atoms with van der Waals surface area (Å²) < 4.78 is 10.4. The van der Waals surface area contributed by atoms with Crippen molar-refractivity contribution in [2.75, 3.05) is 13.7 Å². The van der Waals surface area contributed by atoms with E-state index in [1.54, 1.807) is 4.90 Å². The lowest BCUT2D eigenvalue weighted by atomic mass is 9.71. The number of rotatable bonds is 3. The van der Waals surface area contributed by atoms with Crippen LogP contribution in [0.3, 0.4) is 0 Å². The average Bonchev–Trinajstić information content (AvgIpc) is 2.34. The molecular weight excluding hydrogens is 282 g/mol. The van der Waals surface area contributed by atoms with Gasteiger partial charge in [0.1, 0.15) is 5.60 Å². The topological polar surface area (TPSA) is 55.8 Å². The molecule has 0 aromatic carbocycles. The van der Waals surface area contributed by atoms with Crippen molar-refractivity contribution in [2.45, 2.75) is 65.5 Å². The highest BCUT2D eigenvalue weighted by molar-refractivity contribution is 5.78. The van der Waals surface area contributed by atoms with E-state index in [0.29, 0.717) is 25.8 Å². The second-order valence-corrected chi connectivity index (χ2v) is 7.38. The summed E-state index contributed by atoms with van der Waals surface area (Å²) in [6.45, 7) is 13.8. The molecular formula is C17H29NO4. The van der Waals surface area contributed by atoms with Crippen LogP contribution in [0.2, 0.25) is 0 Å². The van der Waals surface area contributed by atoms with Crippen LogP contribution in [0.4, 0.5) is 4.79 Å². The van der Waals surface area contributed by atoms with Crippen molar-refractivity contribution < 1.29 is 19.1 Å². The molecule has 1 aliphatic rings. The maximum Gasteiger partial charge on any atom is 0.410 e. The number of ether oxygens (including phenoxy) is 2. The minimum atomic E-state index is -0.585. The predicted molar refractivity (Wildman–Crippen MR) is 85.5 cm³/mol. The summed E-state index contributed by atoms with van der Waals surface area (Å²) >= 11 is 0. The molecule has 1 aliphatic heterocycles. The Balaban J connectivity index is 2.87. The fraction of sp³-hybridized carbons (Fsp3) is 0.765. The summed E-state index contributed by atoms with van der Waals surface area (Å²) in [6, 6.07) is -0.0814. The van der Waals surface area contributed by atoms with Gasteiger partial charge in [-0.25, -0.2) is 4.79 Å². The van der Waals surface area contributed by atoms with Gasteiger partial charge in [-0.2, -0.15) is 0 Å². The summed E-state index contributed by atoms with van der Waals surface area (Å²) in [5, 5.41) is 0. The number of carbonyl (C=O) groups is 2. The highest BCUT2D eigenvalue weighted by Gasteiger charge is 2.46. The van der Waals surface area contributed by atoms with Gasteiger partial charge in [0.05, 0.1) is 12.5 Å². The second-order valence-electron chi connectivity index (χ2n) is 7.38. The van der Waals surface area contributed by atoms with E-state index in [4.69, 9.17) is 9.47 Å². The van der Waals surface area contributed by atoms with Crippen molar-refractivity contribution in [3.63, 3.8) is 0 Å². The number of esters is 1. The predicted octanol–water partition coefficient (Wildman–Crippen LogP) is 3.53. The lowest BCUT2D eigenvalue weighted by Gasteiger charge is -2.44. The van der Waals surface area contributed by atoms with Gasteiger partial charge >= 0.3 is 12.1 Å². The molecule has 22 heavy (non-hydrogen) atoms. The Morgan fingerprint density at radius 3 is 2.36 bits per heavy atom. The zero-order chi connectivity index (χ0) is 17.1. The van der Waals surface area contributed by atoms with Crippen molar-refractivity contribution in [2.24, 2.45) is 5.41 Å². The van der Waals surface area contributed by atoms with Crippen LogP contribution < -0.4 is 0 Å². The molecule has 0 unspecified atom stereocenters. The SMILES string of the molecule is C=C(C)C[C@@]1(C(=O)OC)CCN(C(=O)OC(C)(C)C)[C@H](C)C1. The Labute approximate surface area is 133 Å². The van der Waals surface area contributed by atoms with E-state index < -0.39 is 11.0 Å². The second kappa shape index (κ2) is 6.71. The summed E-state index contributed by atoms with van der Waals surface area (Å²) in [5.74, 6) is -0.216. The Morgan fingerprint density at radius 1 is 1.36 bits per heavy atom. The molecule has 0 aliphatic carbocycles. The van der Waals surface area contributed by atoms with E-state index in [1.165, 1.54) is 7.11 Å². The quantitative estimate of drug-likeness (QED) is 0.591. The first-order chi connectivity index (χ1) is 10.0. The van der Waals surface area contributed by atoms with Gasteiger partial charge in [-0.3, -0.25) is 4.79 Å². The van der Waals surface area contributed by atoms with Gasteiger partial charge in [-0.1, -0.05) is 5.57 Å². The van der Waals surface area contributed by atoms with E-state index in [2.05, 4.69) is 6.58 Å². The molecule has 126 valence electrons. The number of piperidine rings is 1. The molecule has 1 amide bonds. The van der Waals surface area contributed by atoms with Crippen LogP contribution in [0.5, 0.6) is 0 Å². The Morgan fingerprint density at radius 2 is 1.95 bits per heavy atom. The van der Waals surface area contributed by atoms with Crippen molar-refractivity contribution in [1.82, 2.24) is 4.90 Å². The summed E-state index contributed by atoms with van der Waals surface area (Å²) in [6.07, 6.45) is 1.39. The maximum absolute atomic E-state index is 12.3. The van der Waals surface area contributed by atoms with Crippen LogP contribution in [0, 0.1) is 5.41 Å². The molecule has 5 nitrogen and oxygen atoms in total. The molecule has 1 rings (SSSR count). The number of carbonyl (C=O) groups excluding carboxylic acids is 2. The maximum atomic E-state index is 12.3. The third-order valence-corrected chi connectivity index (χ3v) is 3.94. The number of methoxy groups -OCH3 is 1. The molecule has 0 N–H and O–H groups in total. The first-order valence-corrected chi connectivity index (χ1v) is 7.73. The smallest absolute Gasteiger partial charge is 0.410 e. The average molecular weight is 311 g/mol. The van der Waals surface area contributed by atoms with Gasteiger partial charge in [0, 0.05) is 12.6 Å². The summed E-state index contributed by atoms with van der Waals surface area (Å²) in [5.41, 5.74) is -0.160. The fourth-order valence-corrected chi connectivity index (χ4v) is 3.14. The highest BCUT2D eigenvalue weighted by Crippen LogP contribution is 2.41. The Hall–Kier alpha value is -1.52.